The fraction of sp³-hybridized carbons (Fsp3) is 0.0714. The van der Waals surface area contributed by atoms with Crippen molar-refractivity contribution in [2.45, 2.75) is 6.92 Å². The number of fused-ring (bicyclic) bond motifs is 1. The minimum atomic E-state index is -0.135. The van der Waals surface area contributed by atoms with Gasteiger partial charge in [-0.2, -0.15) is 0 Å². The summed E-state index contributed by atoms with van der Waals surface area (Å²) in [5.41, 5.74) is 8.91. The summed E-state index contributed by atoms with van der Waals surface area (Å²) in [6.07, 6.45) is 1.68. The molecule has 3 N–H and O–H groups in total. The number of nitrogen functional groups attached to an aromatic ring is 1. The number of benzene rings is 1. The van der Waals surface area contributed by atoms with Crippen LogP contribution in [0.5, 0.6) is 0 Å². The monoisotopic (exact) mass is 318 g/mol. The van der Waals surface area contributed by atoms with Crippen molar-refractivity contribution in [3.8, 4) is 11.1 Å². The van der Waals surface area contributed by atoms with Crippen molar-refractivity contribution in [3.63, 3.8) is 0 Å². The van der Waals surface area contributed by atoms with Gasteiger partial charge in [0.05, 0.1) is 15.9 Å². The fourth-order valence-electron chi connectivity index (χ4n) is 1.93. The molecule has 0 unspecified atom stereocenters. The Morgan fingerprint density at radius 2 is 2.14 bits per heavy atom. The third kappa shape index (κ3) is 2.81. The molecule has 0 spiro atoms. The van der Waals surface area contributed by atoms with E-state index in [2.05, 4.69) is 15.3 Å². The van der Waals surface area contributed by atoms with Crippen LogP contribution in [0, 0.1) is 0 Å². The normalized spacial score (nSPS) is 10.8. The quantitative estimate of drug-likeness (QED) is 0.708. The first-order valence-electron chi connectivity index (χ1n) is 6.12. The van der Waals surface area contributed by atoms with Gasteiger partial charge < -0.3 is 11.1 Å². The molecule has 0 bridgehead atoms. The molecule has 0 saturated heterocycles. The summed E-state index contributed by atoms with van der Waals surface area (Å²) in [4.78, 5) is 19.5. The Bertz CT molecular complexity index is 846. The first kappa shape index (κ1) is 13.8. The maximum absolute atomic E-state index is 11.1. The van der Waals surface area contributed by atoms with Crippen molar-refractivity contribution >= 4 is 49.9 Å². The lowest BCUT2D eigenvalue weighted by molar-refractivity contribution is -0.114. The minimum Gasteiger partial charge on any atom is -0.396 e. The molecular formula is C14H11ClN4OS. The smallest absolute Gasteiger partial charge is 0.223 e. The number of amides is 1. The highest BCUT2D eigenvalue weighted by molar-refractivity contribution is 7.22. The van der Waals surface area contributed by atoms with Gasteiger partial charge in [-0.1, -0.05) is 29.0 Å². The molecule has 1 amide bonds. The number of hydrogen-bond donors (Lipinski definition) is 2. The zero-order valence-corrected chi connectivity index (χ0v) is 12.6. The third-order valence-corrected chi connectivity index (χ3v) is 4.12. The Kier molecular flexibility index (Phi) is 3.48. The highest BCUT2D eigenvalue weighted by atomic mass is 35.5. The van der Waals surface area contributed by atoms with Gasteiger partial charge in [-0.05, 0) is 23.8 Å². The summed E-state index contributed by atoms with van der Waals surface area (Å²) in [6, 6.07) is 7.61. The van der Waals surface area contributed by atoms with Crippen molar-refractivity contribution in [1.82, 2.24) is 9.97 Å². The minimum absolute atomic E-state index is 0.135. The number of pyridine rings is 1. The number of nitrogens with zero attached hydrogens (tertiary/aromatic N) is 2. The highest BCUT2D eigenvalue weighted by Crippen LogP contribution is 2.31. The molecule has 106 valence electrons. The van der Waals surface area contributed by atoms with Gasteiger partial charge in [0.1, 0.15) is 0 Å². The van der Waals surface area contributed by atoms with Crippen molar-refractivity contribution in [2.75, 3.05) is 11.1 Å². The van der Waals surface area contributed by atoms with Crippen LogP contribution in [-0.4, -0.2) is 15.9 Å². The first-order chi connectivity index (χ1) is 10.0. The predicted octanol–water partition coefficient (Wildman–Crippen LogP) is 3.55. The number of nitrogens with two attached hydrogens (primary N) is 1. The zero-order valence-electron chi connectivity index (χ0n) is 11.1. The van der Waals surface area contributed by atoms with Crippen molar-refractivity contribution in [1.29, 1.82) is 0 Å². The molecule has 3 aromatic rings. The summed E-state index contributed by atoms with van der Waals surface area (Å²) in [5, 5.41) is 3.57. The Morgan fingerprint density at radius 1 is 1.33 bits per heavy atom. The van der Waals surface area contributed by atoms with Crippen LogP contribution in [0.2, 0.25) is 5.15 Å². The topological polar surface area (TPSA) is 80.9 Å². The summed E-state index contributed by atoms with van der Waals surface area (Å²) in [6.45, 7) is 1.46. The lowest BCUT2D eigenvalue weighted by atomic mass is 10.1. The van der Waals surface area contributed by atoms with Gasteiger partial charge in [0.15, 0.2) is 10.3 Å². The maximum atomic E-state index is 11.1. The molecule has 0 radical (unpaired) electrons. The van der Waals surface area contributed by atoms with Gasteiger partial charge in [-0.15, -0.1) is 0 Å². The number of rotatable bonds is 2. The molecule has 1 aromatic carbocycles. The predicted molar refractivity (Wildman–Crippen MR) is 86.6 cm³/mol. The van der Waals surface area contributed by atoms with Crippen molar-refractivity contribution in [2.24, 2.45) is 0 Å². The van der Waals surface area contributed by atoms with E-state index in [1.807, 2.05) is 18.2 Å². The Morgan fingerprint density at radius 3 is 2.86 bits per heavy atom. The molecule has 21 heavy (non-hydrogen) atoms. The third-order valence-electron chi connectivity index (χ3n) is 2.87. The molecule has 0 aliphatic rings. The Labute approximate surface area is 129 Å². The molecule has 0 fully saturated rings. The number of anilines is 2. The van der Waals surface area contributed by atoms with E-state index in [0.717, 1.165) is 21.3 Å². The van der Waals surface area contributed by atoms with Crippen LogP contribution in [0.1, 0.15) is 6.92 Å². The molecule has 0 aliphatic carbocycles. The largest absolute Gasteiger partial charge is 0.396 e. The van der Waals surface area contributed by atoms with E-state index < -0.39 is 0 Å². The number of thiazole rings is 1. The second-order valence-electron chi connectivity index (χ2n) is 4.49. The van der Waals surface area contributed by atoms with E-state index in [1.54, 1.807) is 12.3 Å². The van der Waals surface area contributed by atoms with E-state index in [9.17, 15) is 4.79 Å². The molecule has 2 aromatic heterocycles. The maximum Gasteiger partial charge on any atom is 0.223 e. The van der Waals surface area contributed by atoms with Gasteiger partial charge >= 0.3 is 0 Å². The number of halogens is 1. The van der Waals surface area contributed by atoms with Crippen LogP contribution in [0.3, 0.4) is 0 Å². The summed E-state index contributed by atoms with van der Waals surface area (Å²) in [5.74, 6) is -0.135. The van der Waals surface area contributed by atoms with E-state index in [-0.39, 0.29) is 5.91 Å². The van der Waals surface area contributed by atoms with Crippen LogP contribution in [-0.2, 0) is 4.79 Å². The number of carbonyl (C=O) groups excluding carboxylic acids is 1. The van der Waals surface area contributed by atoms with Crippen LogP contribution >= 0.6 is 22.9 Å². The van der Waals surface area contributed by atoms with Crippen LogP contribution in [0.4, 0.5) is 10.8 Å². The Balaban J connectivity index is 2.03. The van der Waals surface area contributed by atoms with Crippen LogP contribution in [0.25, 0.3) is 21.3 Å². The Hall–Kier alpha value is -2.18. The number of aromatic nitrogens is 2. The van der Waals surface area contributed by atoms with Crippen molar-refractivity contribution < 1.29 is 4.79 Å². The second-order valence-corrected chi connectivity index (χ2v) is 5.88. The van der Waals surface area contributed by atoms with E-state index >= 15 is 0 Å². The first-order valence-corrected chi connectivity index (χ1v) is 7.32. The van der Waals surface area contributed by atoms with E-state index in [1.165, 1.54) is 18.3 Å². The van der Waals surface area contributed by atoms with E-state index in [0.29, 0.717) is 16.0 Å². The zero-order chi connectivity index (χ0) is 15.0. The molecular weight excluding hydrogens is 308 g/mol. The summed E-state index contributed by atoms with van der Waals surface area (Å²) >= 11 is 7.25. The molecule has 5 nitrogen and oxygen atoms in total. The number of hydrogen-bond acceptors (Lipinski definition) is 5. The second kappa shape index (κ2) is 5.31. The lowest BCUT2D eigenvalue weighted by Crippen LogP contribution is -2.04. The van der Waals surface area contributed by atoms with Crippen molar-refractivity contribution in [3.05, 3.63) is 35.6 Å². The summed E-state index contributed by atoms with van der Waals surface area (Å²) < 4.78 is 0.977. The van der Waals surface area contributed by atoms with Gasteiger partial charge in [0.2, 0.25) is 5.91 Å². The van der Waals surface area contributed by atoms with E-state index in [4.69, 9.17) is 17.3 Å². The summed E-state index contributed by atoms with van der Waals surface area (Å²) in [7, 11) is 0. The molecule has 3 rings (SSSR count). The fourth-order valence-corrected chi connectivity index (χ4v) is 2.99. The van der Waals surface area contributed by atoms with Gasteiger partial charge in [0, 0.05) is 18.7 Å². The lowest BCUT2D eigenvalue weighted by Gasteiger charge is -2.03. The van der Waals surface area contributed by atoms with Gasteiger partial charge in [0.25, 0.3) is 0 Å². The molecule has 0 saturated carbocycles. The highest BCUT2D eigenvalue weighted by Gasteiger charge is 2.08. The van der Waals surface area contributed by atoms with Gasteiger partial charge in [-0.3, -0.25) is 4.79 Å². The SMILES string of the molecule is CC(=O)Nc1nc2ccc(-c3cnc(Cl)c(N)c3)cc2s1. The number of nitrogens with one attached hydrogen (secondary N) is 1. The standard InChI is InChI=1S/C14H11ClN4OS/c1-7(20)18-14-19-11-3-2-8(5-12(11)21-14)9-4-10(16)13(15)17-6-9/h2-6H,16H2,1H3,(H,18,19,20). The van der Waals surface area contributed by atoms with Gasteiger partial charge in [-0.25, -0.2) is 9.97 Å². The van der Waals surface area contributed by atoms with Crippen LogP contribution < -0.4 is 11.1 Å². The average Bonchev–Trinajstić information content (AvgIpc) is 2.82. The molecule has 7 heteroatoms. The van der Waals surface area contributed by atoms with Crippen LogP contribution in [0.15, 0.2) is 30.5 Å². The molecule has 0 aliphatic heterocycles. The molecule has 0 atom stereocenters. The number of carbonyl (C=O) groups is 1. The molecule has 2 heterocycles. The average molecular weight is 319 g/mol.